The molecule has 0 radical (unpaired) electrons. The van der Waals surface area contributed by atoms with Gasteiger partial charge in [0, 0.05) is 4.88 Å². The standard InChI is InChI=1S/C29H31NO5S/c1-4-34-28(32)24-25-23(36-27(24)30-26(31)22-6-5-13-35-22)15-21-20-9-7-16-14-17(33-3)8-10-18(16)19(20)11-12-29(21,25)2/h5-6,8,10,13-14,19-21H,4,7,9,11-12,15H2,1-3H3,(H,30,31)/t19-,20-,21-,29-/m0/s1. The molecule has 0 bridgehead atoms. The molecule has 0 aliphatic heterocycles. The average molecular weight is 506 g/mol. The third-order valence-electron chi connectivity index (χ3n) is 8.73. The van der Waals surface area contributed by atoms with Crippen molar-refractivity contribution < 1.29 is 23.5 Å². The molecule has 1 amide bonds. The van der Waals surface area contributed by atoms with Gasteiger partial charge in [-0.05, 0) is 103 Å². The highest BCUT2D eigenvalue weighted by Crippen LogP contribution is 2.63. The molecular formula is C29H31NO5S. The van der Waals surface area contributed by atoms with Gasteiger partial charge in [0.05, 0.1) is 25.5 Å². The van der Waals surface area contributed by atoms with E-state index in [-0.39, 0.29) is 23.1 Å². The zero-order valence-corrected chi connectivity index (χ0v) is 21.7. The summed E-state index contributed by atoms with van der Waals surface area (Å²) in [5.41, 5.74) is 4.42. The molecule has 3 aliphatic rings. The maximum atomic E-state index is 13.3. The smallest absolute Gasteiger partial charge is 0.341 e. The Kier molecular flexibility index (Phi) is 5.71. The molecule has 3 aliphatic carbocycles. The van der Waals surface area contributed by atoms with Gasteiger partial charge in [0.15, 0.2) is 5.76 Å². The van der Waals surface area contributed by atoms with Crippen LogP contribution in [0.15, 0.2) is 41.0 Å². The van der Waals surface area contributed by atoms with Crippen molar-refractivity contribution in [2.24, 2.45) is 11.8 Å². The Labute approximate surface area is 215 Å². The Bertz CT molecular complexity index is 1330. The van der Waals surface area contributed by atoms with E-state index >= 15 is 0 Å². The molecule has 2 heterocycles. The molecule has 6 nitrogen and oxygen atoms in total. The number of thiophene rings is 1. The fourth-order valence-electron chi connectivity index (χ4n) is 7.18. The van der Waals surface area contributed by atoms with Gasteiger partial charge in [-0.3, -0.25) is 4.79 Å². The zero-order valence-electron chi connectivity index (χ0n) is 20.9. The van der Waals surface area contributed by atoms with Gasteiger partial charge in [0.2, 0.25) is 0 Å². The lowest BCUT2D eigenvalue weighted by Gasteiger charge is -2.49. The lowest BCUT2D eigenvalue weighted by Crippen LogP contribution is -2.43. The lowest BCUT2D eigenvalue weighted by molar-refractivity contribution is 0.0519. The van der Waals surface area contributed by atoms with E-state index in [0.717, 1.165) is 43.4 Å². The molecule has 0 saturated heterocycles. The van der Waals surface area contributed by atoms with Crippen LogP contribution in [0.4, 0.5) is 5.00 Å². The molecule has 1 N–H and O–H groups in total. The van der Waals surface area contributed by atoms with Gasteiger partial charge in [-0.25, -0.2) is 4.79 Å². The first kappa shape index (κ1) is 23.3. The number of nitrogens with one attached hydrogen (secondary N) is 1. The van der Waals surface area contributed by atoms with Crippen LogP contribution < -0.4 is 10.1 Å². The molecule has 4 atom stereocenters. The fourth-order valence-corrected chi connectivity index (χ4v) is 8.55. The maximum Gasteiger partial charge on any atom is 0.341 e. The first-order valence-corrected chi connectivity index (χ1v) is 13.6. The normalized spacial score (nSPS) is 25.8. The molecule has 0 spiro atoms. The number of aryl methyl sites for hydroxylation is 1. The highest BCUT2D eigenvalue weighted by molar-refractivity contribution is 7.17. The van der Waals surface area contributed by atoms with Crippen molar-refractivity contribution in [3.63, 3.8) is 0 Å². The monoisotopic (exact) mass is 505 g/mol. The molecule has 0 unspecified atom stereocenters. The van der Waals surface area contributed by atoms with E-state index in [0.29, 0.717) is 34.9 Å². The second-order valence-corrected chi connectivity index (χ2v) is 11.5. The number of fused-ring (bicyclic) bond motifs is 7. The van der Waals surface area contributed by atoms with Crippen LogP contribution in [-0.2, 0) is 23.0 Å². The van der Waals surface area contributed by atoms with Crippen LogP contribution in [0.25, 0.3) is 0 Å². The summed E-state index contributed by atoms with van der Waals surface area (Å²) in [5, 5.41) is 3.52. The Morgan fingerprint density at radius 1 is 1.25 bits per heavy atom. The summed E-state index contributed by atoms with van der Waals surface area (Å²) in [6.45, 7) is 4.44. The van der Waals surface area contributed by atoms with Crippen LogP contribution >= 0.6 is 11.3 Å². The number of amides is 1. The van der Waals surface area contributed by atoms with Crippen LogP contribution in [0, 0.1) is 11.8 Å². The van der Waals surface area contributed by atoms with Gasteiger partial charge in [-0.15, -0.1) is 11.3 Å². The lowest BCUT2D eigenvalue weighted by atomic mass is 9.54. The molecule has 2 aromatic heterocycles. The Morgan fingerprint density at radius 2 is 2.11 bits per heavy atom. The molecular weight excluding hydrogens is 474 g/mol. The van der Waals surface area contributed by atoms with Gasteiger partial charge in [0.1, 0.15) is 10.8 Å². The van der Waals surface area contributed by atoms with Gasteiger partial charge in [-0.1, -0.05) is 13.0 Å². The number of ether oxygens (including phenoxy) is 2. The first-order chi connectivity index (χ1) is 17.4. The van der Waals surface area contributed by atoms with Gasteiger partial charge < -0.3 is 19.2 Å². The minimum atomic E-state index is -0.352. The van der Waals surface area contributed by atoms with Crippen molar-refractivity contribution in [3.05, 3.63) is 69.5 Å². The van der Waals surface area contributed by atoms with E-state index in [9.17, 15) is 9.59 Å². The summed E-state index contributed by atoms with van der Waals surface area (Å²) in [6, 6.07) is 9.86. The third-order valence-corrected chi connectivity index (χ3v) is 9.86. The molecule has 36 heavy (non-hydrogen) atoms. The number of carbonyl (C=O) groups is 2. The van der Waals surface area contributed by atoms with Crippen LogP contribution in [-0.4, -0.2) is 25.6 Å². The predicted molar refractivity (Wildman–Crippen MR) is 138 cm³/mol. The first-order valence-electron chi connectivity index (χ1n) is 12.8. The summed E-state index contributed by atoms with van der Waals surface area (Å²) in [4.78, 5) is 27.3. The van der Waals surface area contributed by atoms with Crippen LogP contribution in [0.2, 0.25) is 0 Å². The molecule has 188 valence electrons. The number of anilines is 1. The van der Waals surface area contributed by atoms with Crippen molar-refractivity contribution in [1.82, 2.24) is 0 Å². The van der Waals surface area contributed by atoms with Crippen molar-refractivity contribution in [2.45, 2.75) is 57.3 Å². The SMILES string of the molecule is CCOC(=O)c1c(NC(=O)c2ccco2)sc2c1[C@@]1(C)CC[C@H]3c4ccc(OC)cc4CC[C@@H]3[C@@H]1C2. The number of carbonyl (C=O) groups excluding carboxylic acids is 2. The van der Waals surface area contributed by atoms with Gasteiger partial charge >= 0.3 is 5.97 Å². The fraction of sp³-hybridized carbons (Fsp3) is 0.448. The van der Waals surface area contributed by atoms with E-state index in [1.54, 1.807) is 19.2 Å². The van der Waals surface area contributed by atoms with Crippen molar-refractivity contribution in [2.75, 3.05) is 19.0 Å². The van der Waals surface area contributed by atoms with E-state index < -0.39 is 0 Å². The molecule has 6 rings (SSSR count). The summed E-state index contributed by atoms with van der Waals surface area (Å²) in [6.07, 6.45) is 6.71. The molecule has 1 aromatic carbocycles. The third kappa shape index (κ3) is 3.51. The topological polar surface area (TPSA) is 77.8 Å². The number of furan rings is 1. The zero-order chi connectivity index (χ0) is 25.0. The number of benzene rings is 1. The second kappa shape index (κ2) is 8.80. The average Bonchev–Trinajstić information content (AvgIpc) is 3.59. The molecule has 1 fully saturated rings. The predicted octanol–water partition coefficient (Wildman–Crippen LogP) is 6.35. The van der Waals surface area contributed by atoms with Crippen molar-refractivity contribution in [3.8, 4) is 5.75 Å². The number of methoxy groups -OCH3 is 1. The Balaban J connectivity index is 1.36. The van der Waals surface area contributed by atoms with Crippen LogP contribution in [0.3, 0.4) is 0 Å². The number of hydrogen-bond acceptors (Lipinski definition) is 6. The summed E-state index contributed by atoms with van der Waals surface area (Å²) in [7, 11) is 1.72. The molecule has 3 aromatic rings. The number of rotatable bonds is 5. The summed E-state index contributed by atoms with van der Waals surface area (Å²) >= 11 is 1.53. The van der Waals surface area contributed by atoms with Crippen molar-refractivity contribution in [1.29, 1.82) is 0 Å². The summed E-state index contributed by atoms with van der Waals surface area (Å²) < 4.78 is 16.2. The quantitative estimate of drug-likeness (QED) is 0.409. The molecule has 7 heteroatoms. The summed E-state index contributed by atoms with van der Waals surface area (Å²) in [5.74, 6) is 2.02. The van der Waals surface area contributed by atoms with Crippen LogP contribution in [0.5, 0.6) is 5.75 Å². The number of hydrogen-bond donors (Lipinski definition) is 1. The minimum Gasteiger partial charge on any atom is -0.497 e. The maximum absolute atomic E-state index is 13.3. The minimum absolute atomic E-state index is 0.118. The largest absolute Gasteiger partial charge is 0.497 e. The van der Waals surface area contributed by atoms with E-state index in [2.05, 4.69) is 30.4 Å². The second-order valence-electron chi connectivity index (χ2n) is 10.4. The Hall–Kier alpha value is -3.06. The van der Waals surface area contributed by atoms with Gasteiger partial charge in [-0.2, -0.15) is 0 Å². The van der Waals surface area contributed by atoms with E-state index in [1.165, 1.54) is 33.6 Å². The van der Waals surface area contributed by atoms with Crippen LogP contribution in [0.1, 0.15) is 81.5 Å². The molecule has 1 saturated carbocycles. The number of esters is 1. The highest BCUT2D eigenvalue weighted by Gasteiger charge is 2.55. The van der Waals surface area contributed by atoms with Gasteiger partial charge in [0.25, 0.3) is 5.91 Å². The highest BCUT2D eigenvalue weighted by atomic mass is 32.1. The van der Waals surface area contributed by atoms with Crippen molar-refractivity contribution >= 4 is 28.2 Å². The van der Waals surface area contributed by atoms with E-state index in [1.807, 2.05) is 6.92 Å². The van der Waals surface area contributed by atoms with E-state index in [4.69, 9.17) is 13.9 Å². The Morgan fingerprint density at radius 3 is 2.86 bits per heavy atom.